The Morgan fingerprint density at radius 2 is 1.76 bits per heavy atom. The minimum Gasteiger partial charge on any atom is -0.300 e. The largest absolute Gasteiger partial charge is 0.306 e. The summed E-state index contributed by atoms with van der Waals surface area (Å²) in [5, 5.41) is 0. The fraction of sp³-hybridized carbons (Fsp3) is 0.556. The average molecular weight is 387 g/mol. The van der Waals surface area contributed by atoms with Gasteiger partial charge in [-0.1, -0.05) is 31.0 Å². The standard InChI is InChI=1S/C18H26O5S2/c1-3-4-5-17(20)14-24(12-10-16(19)11-13-24)23-25(21,22)18-8-6-15(2)7-9-18/h6-9H,3-5,10-14H2,1-2H3. The highest BCUT2D eigenvalue weighted by atomic mass is 32.3. The van der Waals surface area contributed by atoms with Crippen LogP contribution in [0.1, 0.15) is 44.6 Å². The van der Waals surface area contributed by atoms with Crippen LogP contribution in [-0.2, 0) is 23.3 Å². The number of unbranched alkanes of at least 4 members (excludes halogenated alkanes) is 1. The van der Waals surface area contributed by atoms with Gasteiger partial charge in [-0.2, -0.15) is 8.42 Å². The zero-order chi connectivity index (χ0) is 18.5. The second-order valence-electron chi connectivity index (χ2n) is 6.53. The smallest absolute Gasteiger partial charge is 0.300 e. The van der Waals surface area contributed by atoms with E-state index in [1.165, 1.54) is 12.1 Å². The van der Waals surface area contributed by atoms with Gasteiger partial charge in [-0.05, 0) is 25.5 Å². The van der Waals surface area contributed by atoms with Crippen LogP contribution in [-0.4, -0.2) is 37.2 Å². The van der Waals surface area contributed by atoms with Crippen molar-refractivity contribution in [3.8, 4) is 0 Å². The Kier molecular flexibility index (Phi) is 6.82. The van der Waals surface area contributed by atoms with Crippen LogP contribution in [0.4, 0.5) is 0 Å². The lowest BCUT2D eigenvalue weighted by molar-refractivity contribution is -0.119. The number of benzene rings is 1. The van der Waals surface area contributed by atoms with E-state index in [9.17, 15) is 18.0 Å². The van der Waals surface area contributed by atoms with Crippen molar-refractivity contribution in [2.24, 2.45) is 0 Å². The number of aryl methyl sites for hydroxylation is 1. The van der Waals surface area contributed by atoms with Gasteiger partial charge in [-0.25, -0.2) is 3.63 Å². The van der Waals surface area contributed by atoms with E-state index in [0.29, 0.717) is 30.8 Å². The maximum atomic E-state index is 12.7. The van der Waals surface area contributed by atoms with Crippen LogP contribution in [0.3, 0.4) is 0 Å². The maximum Gasteiger partial charge on any atom is 0.306 e. The number of carbonyl (C=O) groups excluding carboxylic acids is 2. The molecule has 1 aliphatic heterocycles. The van der Waals surface area contributed by atoms with Crippen LogP contribution in [0.15, 0.2) is 29.2 Å². The molecule has 0 aromatic heterocycles. The second kappa shape index (κ2) is 8.47. The van der Waals surface area contributed by atoms with Gasteiger partial charge in [0, 0.05) is 30.8 Å². The predicted molar refractivity (Wildman–Crippen MR) is 100 cm³/mol. The molecule has 7 heteroatoms. The monoisotopic (exact) mass is 386 g/mol. The molecular weight excluding hydrogens is 360 g/mol. The molecule has 5 nitrogen and oxygen atoms in total. The topological polar surface area (TPSA) is 77.5 Å². The summed E-state index contributed by atoms with van der Waals surface area (Å²) in [5.74, 6) is 0.986. The lowest BCUT2D eigenvalue weighted by Gasteiger charge is -2.40. The molecule has 0 unspecified atom stereocenters. The van der Waals surface area contributed by atoms with E-state index in [1.54, 1.807) is 12.1 Å². The molecule has 140 valence electrons. The zero-order valence-corrected chi connectivity index (χ0v) is 16.5. The first kappa shape index (κ1) is 20.1. The summed E-state index contributed by atoms with van der Waals surface area (Å²) in [7, 11) is -6.08. The first-order valence-corrected chi connectivity index (χ1v) is 12.1. The Morgan fingerprint density at radius 3 is 2.32 bits per heavy atom. The highest BCUT2D eigenvalue weighted by Gasteiger charge is 2.37. The van der Waals surface area contributed by atoms with Crippen molar-refractivity contribution in [2.75, 3.05) is 17.3 Å². The minimum atomic E-state index is -3.95. The van der Waals surface area contributed by atoms with E-state index in [1.807, 2.05) is 13.8 Å². The lowest BCUT2D eigenvalue weighted by atomic mass is 10.2. The molecule has 2 rings (SSSR count). The van der Waals surface area contributed by atoms with Crippen LogP contribution in [0.5, 0.6) is 0 Å². The predicted octanol–water partition coefficient (Wildman–Crippen LogP) is 3.54. The molecule has 1 aromatic rings. The molecule has 1 fully saturated rings. The number of ketones is 2. The van der Waals surface area contributed by atoms with Crippen LogP contribution in [0, 0.1) is 6.92 Å². The first-order valence-electron chi connectivity index (χ1n) is 8.59. The van der Waals surface area contributed by atoms with Crippen molar-refractivity contribution >= 4 is 32.0 Å². The van der Waals surface area contributed by atoms with Gasteiger partial charge in [0.25, 0.3) is 0 Å². The third kappa shape index (κ3) is 5.66. The first-order chi connectivity index (χ1) is 11.8. The van der Waals surface area contributed by atoms with Crippen molar-refractivity contribution in [2.45, 2.75) is 50.8 Å². The van der Waals surface area contributed by atoms with Crippen LogP contribution < -0.4 is 0 Å². The van der Waals surface area contributed by atoms with Gasteiger partial charge in [0.05, 0.1) is 10.6 Å². The number of hydrogen-bond acceptors (Lipinski definition) is 5. The van der Waals surface area contributed by atoms with Crippen LogP contribution >= 0.6 is 10.3 Å². The Hall–Kier alpha value is -1.18. The maximum absolute atomic E-state index is 12.7. The molecule has 1 heterocycles. The third-order valence-electron chi connectivity index (χ3n) is 4.28. The fourth-order valence-electron chi connectivity index (χ4n) is 2.74. The molecule has 25 heavy (non-hydrogen) atoms. The highest BCUT2D eigenvalue weighted by Crippen LogP contribution is 2.54. The lowest BCUT2D eigenvalue weighted by Crippen LogP contribution is -2.30. The molecule has 1 aliphatic rings. The zero-order valence-electron chi connectivity index (χ0n) is 14.8. The molecule has 0 bridgehead atoms. The fourth-order valence-corrected chi connectivity index (χ4v) is 8.20. The highest BCUT2D eigenvalue weighted by molar-refractivity contribution is 8.33. The Labute approximate surface area is 151 Å². The summed E-state index contributed by atoms with van der Waals surface area (Å²) < 4.78 is 31.1. The minimum absolute atomic E-state index is 0.0327. The molecular formula is C18H26O5S2. The summed E-state index contributed by atoms with van der Waals surface area (Å²) in [5.41, 5.74) is 0.957. The summed E-state index contributed by atoms with van der Waals surface area (Å²) in [4.78, 5) is 24.0. The van der Waals surface area contributed by atoms with Crippen molar-refractivity contribution in [1.82, 2.24) is 0 Å². The molecule has 0 atom stereocenters. The molecule has 0 aliphatic carbocycles. The molecule has 1 aromatic carbocycles. The number of Topliss-reactive ketones (excluding diaryl/α,β-unsaturated/α-hetero) is 2. The Morgan fingerprint density at radius 1 is 1.16 bits per heavy atom. The van der Waals surface area contributed by atoms with Gasteiger partial charge in [-0.3, -0.25) is 9.59 Å². The Bertz CT molecular complexity index is 712. The van der Waals surface area contributed by atoms with Crippen molar-refractivity contribution in [1.29, 1.82) is 0 Å². The number of carbonyl (C=O) groups is 2. The van der Waals surface area contributed by atoms with Crippen molar-refractivity contribution < 1.29 is 21.6 Å². The van der Waals surface area contributed by atoms with Gasteiger partial charge in [0.1, 0.15) is 11.6 Å². The van der Waals surface area contributed by atoms with Crippen molar-refractivity contribution in [3.63, 3.8) is 0 Å². The van der Waals surface area contributed by atoms with Crippen molar-refractivity contribution in [3.05, 3.63) is 29.8 Å². The van der Waals surface area contributed by atoms with Crippen LogP contribution in [0.25, 0.3) is 0 Å². The van der Waals surface area contributed by atoms with E-state index in [2.05, 4.69) is 0 Å². The van der Waals surface area contributed by atoms with E-state index in [0.717, 1.165) is 18.4 Å². The van der Waals surface area contributed by atoms with Gasteiger partial charge in [0.15, 0.2) is 0 Å². The molecule has 0 amide bonds. The van der Waals surface area contributed by atoms with Crippen LogP contribution in [0.2, 0.25) is 0 Å². The summed E-state index contributed by atoms with van der Waals surface area (Å²) in [6.45, 7) is 3.89. The summed E-state index contributed by atoms with van der Waals surface area (Å²) >= 11 is 0. The second-order valence-corrected chi connectivity index (χ2v) is 11.5. The molecule has 0 radical (unpaired) electrons. The van der Waals surface area contributed by atoms with Gasteiger partial charge in [0.2, 0.25) is 0 Å². The van der Waals surface area contributed by atoms with E-state index < -0.39 is 20.4 Å². The molecule has 0 spiro atoms. The molecule has 0 saturated carbocycles. The normalized spacial score (nSPS) is 18.7. The van der Waals surface area contributed by atoms with E-state index in [4.69, 9.17) is 3.63 Å². The van der Waals surface area contributed by atoms with Gasteiger partial charge >= 0.3 is 10.1 Å². The van der Waals surface area contributed by atoms with E-state index in [-0.39, 0.29) is 22.2 Å². The SMILES string of the molecule is CCCCC(=O)CS1(OS(=O)(=O)c2ccc(C)cc2)CCC(=O)CC1. The summed E-state index contributed by atoms with van der Waals surface area (Å²) in [6.07, 6.45) is 2.72. The number of hydrogen-bond donors (Lipinski definition) is 0. The summed E-state index contributed by atoms with van der Waals surface area (Å²) in [6, 6.07) is 6.47. The quantitative estimate of drug-likeness (QED) is 0.683. The average Bonchev–Trinajstić information content (AvgIpc) is 2.56. The van der Waals surface area contributed by atoms with Gasteiger partial charge in [-0.15, -0.1) is 10.3 Å². The Balaban J connectivity index is 2.21. The third-order valence-corrected chi connectivity index (χ3v) is 9.75. The number of rotatable bonds is 8. The molecule has 0 N–H and O–H groups in total. The van der Waals surface area contributed by atoms with E-state index >= 15 is 0 Å². The van der Waals surface area contributed by atoms with Gasteiger partial charge < -0.3 is 0 Å². The molecule has 1 saturated heterocycles.